The first-order valence-corrected chi connectivity index (χ1v) is 12.0. The average Bonchev–Trinajstić information content (AvgIpc) is 2.89. The predicted octanol–water partition coefficient (Wildman–Crippen LogP) is 5.35. The number of amides is 2. The fraction of sp³-hybridized carbons (Fsp3) is 0.214. The van der Waals surface area contributed by atoms with E-state index in [2.05, 4.69) is 10.2 Å². The van der Waals surface area contributed by atoms with Gasteiger partial charge in [-0.1, -0.05) is 41.9 Å². The molecule has 1 N–H and O–H groups in total. The summed E-state index contributed by atoms with van der Waals surface area (Å²) in [5.41, 5.74) is 3.05. The summed E-state index contributed by atoms with van der Waals surface area (Å²) in [6.07, 6.45) is 3.46. The summed E-state index contributed by atoms with van der Waals surface area (Å²) in [6, 6.07) is 22.3. The second-order valence-electron chi connectivity index (χ2n) is 8.13. The number of nitrogens with zero attached hydrogens (tertiary/aromatic N) is 2. The summed E-state index contributed by atoms with van der Waals surface area (Å²) in [6.45, 7) is 5.09. The van der Waals surface area contributed by atoms with Crippen LogP contribution in [-0.4, -0.2) is 49.5 Å². The van der Waals surface area contributed by atoms with Gasteiger partial charge in [0.1, 0.15) is 5.75 Å². The maximum atomic E-state index is 12.6. The van der Waals surface area contributed by atoms with E-state index in [0.29, 0.717) is 49.1 Å². The maximum absolute atomic E-state index is 12.6. The van der Waals surface area contributed by atoms with Crippen LogP contribution in [0.15, 0.2) is 78.9 Å². The number of hydrogen-bond donors (Lipinski definition) is 1. The van der Waals surface area contributed by atoms with Gasteiger partial charge in [0.15, 0.2) is 0 Å². The van der Waals surface area contributed by atoms with Gasteiger partial charge in [-0.15, -0.1) is 0 Å². The van der Waals surface area contributed by atoms with E-state index in [-0.39, 0.29) is 11.8 Å². The van der Waals surface area contributed by atoms with Crippen LogP contribution in [0.5, 0.6) is 5.75 Å². The van der Waals surface area contributed by atoms with E-state index in [0.717, 1.165) is 17.0 Å². The Morgan fingerprint density at radius 3 is 2.34 bits per heavy atom. The number of carbonyl (C=O) groups excluding carboxylic acids is 2. The molecule has 180 valence electrons. The van der Waals surface area contributed by atoms with Crippen LogP contribution in [0, 0.1) is 0 Å². The zero-order valence-corrected chi connectivity index (χ0v) is 20.4. The minimum Gasteiger partial charge on any atom is -0.494 e. The van der Waals surface area contributed by atoms with Crippen molar-refractivity contribution in [2.24, 2.45) is 0 Å². The lowest BCUT2D eigenvalue weighted by molar-refractivity contribution is -0.126. The highest BCUT2D eigenvalue weighted by atomic mass is 35.5. The van der Waals surface area contributed by atoms with E-state index >= 15 is 0 Å². The molecule has 3 aromatic carbocycles. The molecule has 1 aliphatic heterocycles. The number of benzene rings is 3. The van der Waals surface area contributed by atoms with Gasteiger partial charge in [-0.25, -0.2) is 0 Å². The fourth-order valence-corrected chi connectivity index (χ4v) is 4.22. The largest absolute Gasteiger partial charge is 0.494 e. The molecule has 0 atom stereocenters. The van der Waals surface area contributed by atoms with Crippen LogP contribution in [0.25, 0.3) is 6.08 Å². The van der Waals surface area contributed by atoms with E-state index in [4.69, 9.17) is 16.3 Å². The molecule has 1 fully saturated rings. The molecule has 0 aliphatic carbocycles. The molecule has 2 amide bonds. The molecule has 3 aromatic rings. The smallest absolute Gasteiger partial charge is 0.255 e. The van der Waals surface area contributed by atoms with Crippen molar-refractivity contribution in [3.8, 4) is 5.75 Å². The first-order valence-electron chi connectivity index (χ1n) is 11.6. The van der Waals surface area contributed by atoms with Crippen LogP contribution >= 0.6 is 11.6 Å². The Labute approximate surface area is 210 Å². The van der Waals surface area contributed by atoms with Gasteiger partial charge in [0.25, 0.3) is 5.91 Å². The third kappa shape index (κ3) is 6.43. The third-order valence-electron chi connectivity index (χ3n) is 5.78. The Morgan fingerprint density at radius 2 is 1.69 bits per heavy atom. The van der Waals surface area contributed by atoms with Crippen LogP contribution in [0.3, 0.4) is 0 Å². The first-order chi connectivity index (χ1) is 17.0. The number of carbonyl (C=O) groups is 2. The van der Waals surface area contributed by atoms with Gasteiger partial charge in [0.05, 0.1) is 17.3 Å². The van der Waals surface area contributed by atoms with Crippen molar-refractivity contribution < 1.29 is 14.3 Å². The molecule has 35 heavy (non-hydrogen) atoms. The van der Waals surface area contributed by atoms with Crippen molar-refractivity contribution in [3.63, 3.8) is 0 Å². The van der Waals surface area contributed by atoms with Crippen LogP contribution in [0.2, 0.25) is 5.02 Å². The summed E-state index contributed by atoms with van der Waals surface area (Å²) in [5, 5.41) is 3.44. The molecule has 0 spiro atoms. The Hall–Kier alpha value is -3.77. The summed E-state index contributed by atoms with van der Waals surface area (Å²) < 4.78 is 5.42. The van der Waals surface area contributed by atoms with E-state index < -0.39 is 0 Å². The highest BCUT2D eigenvalue weighted by molar-refractivity contribution is 6.33. The highest BCUT2D eigenvalue weighted by Gasteiger charge is 2.21. The quantitative estimate of drug-likeness (QED) is 0.454. The minimum absolute atomic E-state index is 0.00643. The van der Waals surface area contributed by atoms with Crippen molar-refractivity contribution in [2.75, 3.05) is 43.0 Å². The molecule has 0 aromatic heterocycles. The Morgan fingerprint density at radius 1 is 0.971 bits per heavy atom. The van der Waals surface area contributed by atoms with Crippen LogP contribution in [0.4, 0.5) is 11.4 Å². The molecule has 0 unspecified atom stereocenters. The number of halogens is 1. The lowest BCUT2D eigenvalue weighted by atomic mass is 10.2. The molecule has 0 radical (unpaired) electrons. The molecule has 7 heteroatoms. The van der Waals surface area contributed by atoms with Gasteiger partial charge in [-0.3, -0.25) is 9.59 Å². The molecular formula is C28H28ClN3O3. The molecule has 0 saturated carbocycles. The summed E-state index contributed by atoms with van der Waals surface area (Å²) in [7, 11) is 0. The molecular weight excluding hydrogens is 462 g/mol. The van der Waals surface area contributed by atoms with Gasteiger partial charge < -0.3 is 19.9 Å². The molecule has 1 saturated heterocycles. The monoisotopic (exact) mass is 489 g/mol. The van der Waals surface area contributed by atoms with Gasteiger partial charge >= 0.3 is 0 Å². The first kappa shape index (κ1) is 24.4. The van der Waals surface area contributed by atoms with Gasteiger partial charge in [-0.2, -0.15) is 0 Å². The van der Waals surface area contributed by atoms with Crippen molar-refractivity contribution in [1.29, 1.82) is 0 Å². The van der Waals surface area contributed by atoms with Crippen LogP contribution in [0.1, 0.15) is 22.8 Å². The lowest BCUT2D eigenvalue weighted by Crippen LogP contribution is -2.48. The van der Waals surface area contributed by atoms with Gasteiger partial charge in [0, 0.05) is 43.5 Å². The number of nitrogens with one attached hydrogen (secondary N) is 1. The Balaban J connectivity index is 1.32. The Kier molecular flexibility index (Phi) is 8.06. The van der Waals surface area contributed by atoms with E-state index in [1.54, 1.807) is 36.4 Å². The third-order valence-corrected chi connectivity index (χ3v) is 6.09. The second-order valence-corrected chi connectivity index (χ2v) is 8.54. The highest BCUT2D eigenvalue weighted by Crippen LogP contribution is 2.30. The summed E-state index contributed by atoms with van der Waals surface area (Å²) >= 11 is 6.56. The number of piperazine rings is 1. The van der Waals surface area contributed by atoms with Crippen LogP contribution < -0.4 is 15.0 Å². The number of ether oxygens (including phenoxy) is 1. The lowest BCUT2D eigenvalue weighted by Gasteiger charge is -2.36. The second kappa shape index (κ2) is 11.6. The SMILES string of the molecule is CCOc1ccc(C(=O)Nc2ccc(N3CCN(C(=O)/C=C/c4ccccc4)CC3)c(Cl)c2)cc1. The molecule has 4 rings (SSSR count). The van der Waals surface area contributed by atoms with Crippen molar-refractivity contribution in [2.45, 2.75) is 6.92 Å². The summed E-state index contributed by atoms with van der Waals surface area (Å²) in [5.74, 6) is 0.518. The van der Waals surface area contributed by atoms with Gasteiger partial charge in [-0.05, 0) is 61.0 Å². The zero-order chi connectivity index (χ0) is 24.6. The van der Waals surface area contributed by atoms with Gasteiger partial charge in [0.2, 0.25) is 5.91 Å². The van der Waals surface area contributed by atoms with E-state index in [1.807, 2.05) is 60.4 Å². The molecule has 0 bridgehead atoms. The van der Waals surface area contributed by atoms with E-state index in [9.17, 15) is 9.59 Å². The van der Waals surface area contributed by atoms with Crippen molar-refractivity contribution in [3.05, 3.63) is 95.0 Å². The topological polar surface area (TPSA) is 61.9 Å². The zero-order valence-electron chi connectivity index (χ0n) is 19.6. The predicted molar refractivity (Wildman–Crippen MR) is 141 cm³/mol. The number of rotatable bonds is 7. The fourth-order valence-electron chi connectivity index (χ4n) is 3.92. The summed E-state index contributed by atoms with van der Waals surface area (Å²) in [4.78, 5) is 29.1. The van der Waals surface area contributed by atoms with E-state index in [1.165, 1.54) is 0 Å². The van der Waals surface area contributed by atoms with Crippen molar-refractivity contribution >= 4 is 40.9 Å². The molecule has 6 nitrogen and oxygen atoms in total. The Bertz CT molecular complexity index is 1190. The number of anilines is 2. The van der Waals surface area contributed by atoms with Crippen LogP contribution in [-0.2, 0) is 4.79 Å². The molecule has 1 heterocycles. The average molecular weight is 490 g/mol. The number of hydrogen-bond acceptors (Lipinski definition) is 4. The standard InChI is InChI=1S/C28H28ClN3O3/c1-2-35-24-12-9-22(10-13-24)28(34)30-23-11-14-26(25(29)20-23)31-16-18-32(19-17-31)27(33)15-8-21-6-4-3-5-7-21/h3-15,20H,2,16-19H2,1H3,(H,30,34)/b15-8+. The minimum atomic E-state index is -0.215. The maximum Gasteiger partial charge on any atom is 0.255 e. The normalized spacial score (nSPS) is 13.7. The molecule has 1 aliphatic rings. The van der Waals surface area contributed by atoms with Crippen molar-refractivity contribution in [1.82, 2.24) is 4.90 Å².